The first-order chi connectivity index (χ1) is 23.8. The van der Waals surface area contributed by atoms with Crippen molar-refractivity contribution in [2.45, 2.75) is 84.2 Å². The number of benzene rings is 2. The fourth-order valence-corrected chi connectivity index (χ4v) is 5.27. The lowest BCUT2D eigenvalue weighted by Gasteiger charge is -2.25. The number of carbonyl (C=O) groups excluding carboxylic acids is 6. The number of nitrogens with one attached hydrogen (secondary N) is 4. The summed E-state index contributed by atoms with van der Waals surface area (Å²) in [7, 11) is 0. The molecule has 0 fully saturated rings. The molecule has 3 atom stereocenters. The molecule has 0 spiro atoms. The molecular weight excluding hydrogens is 646 g/mol. The summed E-state index contributed by atoms with van der Waals surface area (Å²) in [5.74, 6) is -3.33. The Balaban J connectivity index is 1.71. The van der Waals surface area contributed by atoms with Crippen LogP contribution < -0.4 is 32.7 Å². The van der Waals surface area contributed by atoms with Gasteiger partial charge in [-0.1, -0.05) is 61.5 Å². The molecule has 16 nitrogen and oxygen atoms in total. The van der Waals surface area contributed by atoms with E-state index in [1.165, 1.54) is 13.1 Å². The molecule has 1 heterocycles. The minimum absolute atomic E-state index is 0.0257. The van der Waals surface area contributed by atoms with Crippen LogP contribution in [0.3, 0.4) is 0 Å². The molecule has 0 saturated carbocycles. The SMILES string of the molecule is CC(=O)N[C@@H](Cc1cccc2ccccc12)C(=O)N[C@@H](COCc1cnnn1CCCCC(=O)NCC(N)=O)C(=O)N[C@@H](CC(C)C)C(N)=O. The van der Waals surface area contributed by atoms with Gasteiger partial charge < -0.3 is 37.5 Å². The predicted molar refractivity (Wildman–Crippen MR) is 184 cm³/mol. The van der Waals surface area contributed by atoms with Crippen LogP contribution in [0.1, 0.15) is 57.7 Å². The van der Waals surface area contributed by atoms with Crippen LogP contribution in [0.2, 0.25) is 0 Å². The van der Waals surface area contributed by atoms with Gasteiger partial charge in [0.15, 0.2) is 0 Å². The molecule has 0 aliphatic rings. The van der Waals surface area contributed by atoms with Crippen molar-refractivity contribution in [2.24, 2.45) is 17.4 Å². The Kier molecular flexibility index (Phi) is 15.3. The normalized spacial score (nSPS) is 12.9. The van der Waals surface area contributed by atoms with Crippen molar-refractivity contribution in [3.05, 3.63) is 59.9 Å². The molecule has 2 aromatic carbocycles. The van der Waals surface area contributed by atoms with Gasteiger partial charge in [0.1, 0.15) is 18.1 Å². The quantitative estimate of drug-likeness (QED) is 0.0820. The smallest absolute Gasteiger partial charge is 0.245 e. The van der Waals surface area contributed by atoms with Crippen molar-refractivity contribution in [3.8, 4) is 0 Å². The minimum Gasteiger partial charge on any atom is -0.372 e. The third-order valence-electron chi connectivity index (χ3n) is 7.71. The molecule has 50 heavy (non-hydrogen) atoms. The van der Waals surface area contributed by atoms with Crippen molar-refractivity contribution >= 4 is 46.2 Å². The standard InChI is InChI=1S/C34H47N9O7/c1-21(2)15-27(32(36)47)40-34(49)29(20-50-19-25-17-38-42-43(25)14-7-6-13-31(46)37-18-30(35)45)41-33(48)28(39-22(3)44)16-24-11-8-10-23-9-4-5-12-26(23)24/h4-5,8-12,17,21,27-29H,6-7,13-16,18-20H2,1-3H3,(H2,35,45)(H2,36,47)(H,37,46)(H,39,44)(H,40,49)(H,41,48)/t27-,28-,29-/m0/s1. The van der Waals surface area contributed by atoms with Gasteiger partial charge in [-0.2, -0.15) is 0 Å². The summed E-state index contributed by atoms with van der Waals surface area (Å²) >= 11 is 0. The number of hydrogen-bond donors (Lipinski definition) is 6. The maximum atomic E-state index is 13.7. The monoisotopic (exact) mass is 693 g/mol. The van der Waals surface area contributed by atoms with Gasteiger partial charge in [-0.05, 0) is 41.5 Å². The largest absolute Gasteiger partial charge is 0.372 e. The zero-order chi connectivity index (χ0) is 36.6. The maximum absolute atomic E-state index is 13.7. The predicted octanol–water partition coefficient (Wildman–Crippen LogP) is -0.0319. The lowest BCUT2D eigenvalue weighted by molar-refractivity contribution is -0.134. The van der Waals surface area contributed by atoms with Crippen LogP contribution in [0.4, 0.5) is 0 Å². The molecule has 0 radical (unpaired) electrons. The van der Waals surface area contributed by atoms with Gasteiger partial charge in [0.25, 0.3) is 0 Å². The van der Waals surface area contributed by atoms with Crippen LogP contribution in [0.5, 0.6) is 0 Å². The number of aryl methyl sites for hydroxylation is 1. The molecule has 8 N–H and O–H groups in total. The average molecular weight is 694 g/mol. The second kappa shape index (κ2) is 19.6. The minimum atomic E-state index is -1.26. The highest BCUT2D eigenvalue weighted by atomic mass is 16.5. The van der Waals surface area contributed by atoms with Crippen LogP contribution >= 0.6 is 0 Å². The van der Waals surface area contributed by atoms with Crippen LogP contribution in [-0.4, -0.2) is 81.7 Å². The fourth-order valence-electron chi connectivity index (χ4n) is 5.27. The summed E-state index contributed by atoms with van der Waals surface area (Å²) in [6.45, 7) is 4.94. The first-order valence-electron chi connectivity index (χ1n) is 16.5. The van der Waals surface area contributed by atoms with Gasteiger partial charge in [0, 0.05) is 26.3 Å². The average Bonchev–Trinajstić information content (AvgIpc) is 3.51. The summed E-state index contributed by atoms with van der Waals surface area (Å²) in [6, 6.07) is 10.1. The van der Waals surface area contributed by atoms with Crippen molar-refractivity contribution < 1.29 is 33.5 Å². The zero-order valence-electron chi connectivity index (χ0n) is 28.6. The van der Waals surface area contributed by atoms with E-state index in [1.807, 2.05) is 56.3 Å². The number of fused-ring (bicyclic) bond motifs is 1. The van der Waals surface area contributed by atoms with E-state index in [9.17, 15) is 28.8 Å². The molecule has 0 aliphatic heterocycles. The molecule has 1 aromatic heterocycles. The van der Waals surface area contributed by atoms with Gasteiger partial charge in [0.2, 0.25) is 35.4 Å². The Morgan fingerprint density at radius 3 is 2.28 bits per heavy atom. The number of rotatable bonds is 21. The Morgan fingerprint density at radius 2 is 1.58 bits per heavy atom. The first kappa shape index (κ1) is 39.1. The van der Waals surface area contributed by atoms with Crippen LogP contribution in [0, 0.1) is 5.92 Å². The number of primary amides is 2. The van der Waals surface area contributed by atoms with Gasteiger partial charge in [0.05, 0.1) is 31.6 Å². The van der Waals surface area contributed by atoms with E-state index in [-0.39, 0.29) is 50.8 Å². The highest BCUT2D eigenvalue weighted by Gasteiger charge is 2.30. The fraction of sp³-hybridized carbons (Fsp3) is 0.471. The van der Waals surface area contributed by atoms with E-state index in [0.717, 1.165) is 16.3 Å². The Morgan fingerprint density at radius 1 is 0.880 bits per heavy atom. The summed E-state index contributed by atoms with van der Waals surface area (Å²) in [4.78, 5) is 74.2. The number of hydrogen-bond acceptors (Lipinski definition) is 9. The second-order valence-electron chi connectivity index (χ2n) is 12.4. The Labute approximate surface area is 290 Å². The molecule has 0 bridgehead atoms. The number of amides is 6. The lowest BCUT2D eigenvalue weighted by atomic mass is 9.98. The molecule has 270 valence electrons. The molecule has 16 heteroatoms. The Hall–Kier alpha value is -5.38. The van der Waals surface area contributed by atoms with E-state index in [2.05, 4.69) is 31.6 Å². The number of nitrogens with two attached hydrogens (primary N) is 2. The van der Waals surface area contributed by atoms with E-state index in [1.54, 1.807) is 4.68 Å². The lowest BCUT2D eigenvalue weighted by Crippen LogP contribution is -2.58. The highest BCUT2D eigenvalue weighted by Crippen LogP contribution is 2.20. The van der Waals surface area contributed by atoms with Crippen LogP contribution in [0.25, 0.3) is 10.8 Å². The van der Waals surface area contributed by atoms with Gasteiger partial charge in [-0.25, -0.2) is 4.68 Å². The molecule has 0 aliphatic carbocycles. The molecule has 0 unspecified atom stereocenters. The number of carbonyl (C=O) groups is 6. The maximum Gasteiger partial charge on any atom is 0.245 e. The summed E-state index contributed by atoms with van der Waals surface area (Å²) in [5, 5.41) is 20.3. The number of aromatic nitrogens is 3. The molecule has 6 amide bonds. The summed E-state index contributed by atoms with van der Waals surface area (Å²) < 4.78 is 7.47. The Bertz CT molecular complexity index is 1640. The molecular formula is C34H47N9O7. The number of ether oxygens (including phenoxy) is 1. The molecule has 0 saturated heterocycles. The highest BCUT2D eigenvalue weighted by molar-refractivity contribution is 5.94. The van der Waals surface area contributed by atoms with Crippen LogP contribution in [0.15, 0.2) is 48.7 Å². The molecule has 3 rings (SSSR count). The second-order valence-corrected chi connectivity index (χ2v) is 12.4. The zero-order valence-corrected chi connectivity index (χ0v) is 28.6. The number of nitrogens with zero attached hydrogens (tertiary/aromatic N) is 3. The third-order valence-corrected chi connectivity index (χ3v) is 7.71. The van der Waals surface area contributed by atoms with E-state index >= 15 is 0 Å². The van der Waals surface area contributed by atoms with Gasteiger partial charge >= 0.3 is 0 Å². The van der Waals surface area contributed by atoms with Crippen molar-refractivity contribution in [1.29, 1.82) is 0 Å². The van der Waals surface area contributed by atoms with Crippen LogP contribution in [-0.2, 0) is 53.1 Å². The van der Waals surface area contributed by atoms with E-state index in [4.69, 9.17) is 16.2 Å². The van der Waals surface area contributed by atoms with Crippen molar-refractivity contribution in [2.75, 3.05) is 13.2 Å². The van der Waals surface area contributed by atoms with Crippen molar-refractivity contribution in [1.82, 2.24) is 36.3 Å². The van der Waals surface area contributed by atoms with E-state index < -0.39 is 47.7 Å². The van der Waals surface area contributed by atoms with Gasteiger partial charge in [-0.15, -0.1) is 5.10 Å². The topological polar surface area (TPSA) is 243 Å². The van der Waals surface area contributed by atoms with Crippen molar-refractivity contribution in [3.63, 3.8) is 0 Å². The summed E-state index contributed by atoms with van der Waals surface area (Å²) in [6.07, 6.45) is 3.23. The first-order valence-corrected chi connectivity index (χ1v) is 16.5. The van der Waals surface area contributed by atoms with E-state index in [0.29, 0.717) is 25.1 Å². The molecule has 3 aromatic rings. The number of unbranched alkanes of at least 4 members (excludes halogenated alkanes) is 1. The van der Waals surface area contributed by atoms with Gasteiger partial charge in [-0.3, -0.25) is 28.8 Å². The summed E-state index contributed by atoms with van der Waals surface area (Å²) in [5.41, 5.74) is 12.0. The third kappa shape index (κ3) is 12.9.